The van der Waals surface area contributed by atoms with Crippen molar-refractivity contribution < 1.29 is 9.18 Å². The summed E-state index contributed by atoms with van der Waals surface area (Å²) < 4.78 is 13.2. The molecule has 5 N–H and O–H groups in total. The van der Waals surface area contributed by atoms with Crippen LogP contribution < -0.4 is 16.8 Å². The Kier molecular flexibility index (Phi) is 3.41. The molecular formula is C9H12FN3O. The molecule has 1 aromatic rings. The number of carbonyl (C=O) groups excluding carboxylic acids is 1. The van der Waals surface area contributed by atoms with Gasteiger partial charge in [-0.25, -0.2) is 4.39 Å². The van der Waals surface area contributed by atoms with Crippen LogP contribution in [0.5, 0.6) is 0 Å². The number of rotatable bonds is 4. The predicted octanol–water partition coefficient (Wildman–Crippen LogP) is 0.295. The summed E-state index contributed by atoms with van der Waals surface area (Å²) in [6, 6.07) is 4.27. The van der Waals surface area contributed by atoms with Crippen molar-refractivity contribution in [2.75, 3.05) is 18.4 Å². The van der Waals surface area contributed by atoms with E-state index in [1.165, 1.54) is 12.1 Å². The zero-order valence-electron chi connectivity index (χ0n) is 7.59. The maximum absolute atomic E-state index is 13.2. The number of benzene rings is 1. The molecule has 14 heavy (non-hydrogen) atoms. The van der Waals surface area contributed by atoms with E-state index in [2.05, 4.69) is 5.32 Å². The van der Waals surface area contributed by atoms with Gasteiger partial charge in [-0.1, -0.05) is 6.07 Å². The predicted molar refractivity (Wildman–Crippen MR) is 52.5 cm³/mol. The van der Waals surface area contributed by atoms with Crippen LogP contribution in [0.2, 0.25) is 0 Å². The quantitative estimate of drug-likeness (QED) is 0.649. The molecule has 0 saturated heterocycles. The van der Waals surface area contributed by atoms with Crippen LogP contribution in [0, 0.1) is 5.82 Å². The third-order valence-electron chi connectivity index (χ3n) is 1.72. The van der Waals surface area contributed by atoms with Gasteiger partial charge in [0, 0.05) is 18.8 Å². The van der Waals surface area contributed by atoms with Gasteiger partial charge >= 0.3 is 0 Å². The number of primary amides is 1. The second-order valence-electron chi connectivity index (χ2n) is 2.74. The van der Waals surface area contributed by atoms with Gasteiger partial charge in [0.2, 0.25) is 0 Å². The first-order valence-corrected chi connectivity index (χ1v) is 4.19. The number of hydrogen-bond acceptors (Lipinski definition) is 3. The second-order valence-corrected chi connectivity index (χ2v) is 2.74. The van der Waals surface area contributed by atoms with Gasteiger partial charge in [-0.15, -0.1) is 0 Å². The van der Waals surface area contributed by atoms with E-state index in [-0.39, 0.29) is 5.56 Å². The molecule has 0 radical (unpaired) electrons. The van der Waals surface area contributed by atoms with Gasteiger partial charge < -0.3 is 16.8 Å². The molecular weight excluding hydrogens is 185 g/mol. The molecule has 0 atom stereocenters. The Morgan fingerprint density at radius 1 is 1.50 bits per heavy atom. The van der Waals surface area contributed by atoms with E-state index in [1.54, 1.807) is 6.07 Å². The summed E-state index contributed by atoms with van der Waals surface area (Å²) in [5, 5.41) is 2.82. The summed E-state index contributed by atoms with van der Waals surface area (Å²) in [7, 11) is 0. The van der Waals surface area contributed by atoms with Crippen molar-refractivity contribution in [1.82, 2.24) is 0 Å². The lowest BCUT2D eigenvalue weighted by atomic mass is 10.1. The molecule has 76 valence electrons. The molecule has 0 aromatic heterocycles. The number of amides is 1. The molecule has 0 aliphatic rings. The fourth-order valence-electron chi connectivity index (χ4n) is 1.13. The number of carbonyl (C=O) groups is 1. The van der Waals surface area contributed by atoms with E-state index in [0.29, 0.717) is 18.8 Å². The molecule has 1 aromatic carbocycles. The minimum absolute atomic E-state index is 0.124. The monoisotopic (exact) mass is 197 g/mol. The Balaban J connectivity index is 3.02. The fourth-order valence-corrected chi connectivity index (χ4v) is 1.13. The van der Waals surface area contributed by atoms with Gasteiger partial charge in [-0.3, -0.25) is 4.79 Å². The average Bonchev–Trinajstić information content (AvgIpc) is 2.14. The molecule has 0 heterocycles. The SMILES string of the molecule is NCCNc1cccc(F)c1C(N)=O. The molecule has 4 nitrogen and oxygen atoms in total. The highest BCUT2D eigenvalue weighted by Crippen LogP contribution is 2.17. The van der Waals surface area contributed by atoms with E-state index in [9.17, 15) is 9.18 Å². The molecule has 0 bridgehead atoms. The molecule has 0 aliphatic carbocycles. The number of nitrogens with one attached hydrogen (secondary N) is 1. The van der Waals surface area contributed by atoms with Crippen molar-refractivity contribution in [1.29, 1.82) is 0 Å². The van der Waals surface area contributed by atoms with Crippen LogP contribution in [-0.4, -0.2) is 19.0 Å². The molecule has 1 amide bonds. The van der Waals surface area contributed by atoms with Crippen molar-refractivity contribution in [3.8, 4) is 0 Å². The van der Waals surface area contributed by atoms with Crippen molar-refractivity contribution in [3.63, 3.8) is 0 Å². The van der Waals surface area contributed by atoms with E-state index < -0.39 is 11.7 Å². The van der Waals surface area contributed by atoms with E-state index in [1.807, 2.05) is 0 Å². The topological polar surface area (TPSA) is 81.1 Å². The second kappa shape index (κ2) is 4.57. The molecule has 0 spiro atoms. The van der Waals surface area contributed by atoms with E-state index >= 15 is 0 Å². The normalized spacial score (nSPS) is 9.86. The van der Waals surface area contributed by atoms with Crippen molar-refractivity contribution >= 4 is 11.6 Å². The third-order valence-corrected chi connectivity index (χ3v) is 1.72. The lowest BCUT2D eigenvalue weighted by Crippen LogP contribution is -2.19. The summed E-state index contributed by atoms with van der Waals surface area (Å²) in [6.07, 6.45) is 0. The number of anilines is 1. The van der Waals surface area contributed by atoms with Gasteiger partial charge in [0.05, 0.1) is 5.56 Å². The van der Waals surface area contributed by atoms with Crippen LogP contribution in [-0.2, 0) is 0 Å². The smallest absolute Gasteiger partial charge is 0.253 e. The van der Waals surface area contributed by atoms with E-state index in [4.69, 9.17) is 11.5 Å². The molecule has 0 aliphatic heterocycles. The van der Waals surface area contributed by atoms with Crippen LogP contribution in [0.1, 0.15) is 10.4 Å². The first-order valence-electron chi connectivity index (χ1n) is 4.19. The highest BCUT2D eigenvalue weighted by atomic mass is 19.1. The van der Waals surface area contributed by atoms with E-state index in [0.717, 1.165) is 0 Å². The van der Waals surface area contributed by atoms with Gasteiger partial charge in [0.1, 0.15) is 5.82 Å². The highest BCUT2D eigenvalue weighted by Gasteiger charge is 2.12. The Morgan fingerprint density at radius 3 is 2.79 bits per heavy atom. The third kappa shape index (κ3) is 2.20. The Hall–Kier alpha value is -1.62. The molecule has 0 fully saturated rings. The Bertz CT molecular complexity index is 341. The summed E-state index contributed by atoms with van der Waals surface area (Å²) in [5.41, 5.74) is 10.6. The zero-order chi connectivity index (χ0) is 10.6. The lowest BCUT2D eigenvalue weighted by Gasteiger charge is -2.09. The highest BCUT2D eigenvalue weighted by molar-refractivity contribution is 5.98. The summed E-state index contributed by atoms with van der Waals surface area (Å²) in [6.45, 7) is 0.860. The van der Waals surface area contributed by atoms with Gasteiger partial charge in [0.15, 0.2) is 0 Å². The molecule has 0 unspecified atom stereocenters. The molecule has 1 rings (SSSR count). The average molecular weight is 197 g/mol. The minimum Gasteiger partial charge on any atom is -0.383 e. The van der Waals surface area contributed by atoms with Crippen molar-refractivity contribution in [3.05, 3.63) is 29.6 Å². The zero-order valence-corrected chi connectivity index (χ0v) is 7.59. The summed E-state index contributed by atoms with van der Waals surface area (Å²) in [5.74, 6) is -1.41. The number of nitrogens with two attached hydrogens (primary N) is 2. The number of hydrogen-bond donors (Lipinski definition) is 3. The number of halogens is 1. The standard InChI is InChI=1S/C9H12FN3O/c10-6-2-1-3-7(13-5-4-11)8(6)9(12)14/h1-3,13H,4-5,11H2,(H2,12,14). The van der Waals surface area contributed by atoms with Crippen LogP contribution in [0.15, 0.2) is 18.2 Å². The van der Waals surface area contributed by atoms with Crippen LogP contribution in [0.4, 0.5) is 10.1 Å². The van der Waals surface area contributed by atoms with Crippen LogP contribution in [0.25, 0.3) is 0 Å². The Morgan fingerprint density at radius 2 is 2.21 bits per heavy atom. The first kappa shape index (κ1) is 10.5. The van der Waals surface area contributed by atoms with Crippen LogP contribution in [0.3, 0.4) is 0 Å². The maximum atomic E-state index is 13.2. The lowest BCUT2D eigenvalue weighted by molar-refractivity contribution is 0.0997. The maximum Gasteiger partial charge on any atom is 0.253 e. The fraction of sp³-hybridized carbons (Fsp3) is 0.222. The summed E-state index contributed by atoms with van der Waals surface area (Å²) >= 11 is 0. The minimum atomic E-state index is -0.789. The molecule has 0 saturated carbocycles. The van der Waals surface area contributed by atoms with Crippen molar-refractivity contribution in [2.24, 2.45) is 11.5 Å². The van der Waals surface area contributed by atoms with Gasteiger partial charge in [-0.05, 0) is 12.1 Å². The molecule has 5 heteroatoms. The van der Waals surface area contributed by atoms with Crippen LogP contribution >= 0.6 is 0 Å². The Labute approximate surface area is 81.1 Å². The van der Waals surface area contributed by atoms with Gasteiger partial charge in [0.25, 0.3) is 5.91 Å². The van der Waals surface area contributed by atoms with Crippen molar-refractivity contribution in [2.45, 2.75) is 0 Å². The summed E-state index contributed by atoms with van der Waals surface area (Å²) in [4.78, 5) is 10.9. The first-order chi connectivity index (χ1) is 6.66. The van der Waals surface area contributed by atoms with Gasteiger partial charge in [-0.2, -0.15) is 0 Å². The largest absolute Gasteiger partial charge is 0.383 e.